The van der Waals surface area contributed by atoms with Gasteiger partial charge in [0.1, 0.15) is 49.3 Å². The number of hydrogen-bond acceptors (Lipinski definition) is 7. The van der Waals surface area contributed by atoms with Gasteiger partial charge in [-0.2, -0.15) is 0 Å². The van der Waals surface area contributed by atoms with Crippen LogP contribution in [0.25, 0.3) is 10.9 Å². The lowest BCUT2D eigenvalue weighted by molar-refractivity contribution is 0.282. The number of hydrogen-bond donors (Lipinski definition) is 1. The van der Waals surface area contributed by atoms with Gasteiger partial charge >= 0.3 is 0 Å². The number of terminal acetylenes is 2. The summed E-state index contributed by atoms with van der Waals surface area (Å²) in [6.07, 6.45) is 12.0. The van der Waals surface area contributed by atoms with E-state index in [1.165, 1.54) is 19.5 Å². The van der Waals surface area contributed by atoms with Crippen molar-refractivity contribution in [2.75, 3.05) is 25.6 Å². The highest BCUT2D eigenvalue weighted by Crippen LogP contribution is 2.36. The molecule has 0 radical (unpaired) electrons. The van der Waals surface area contributed by atoms with Gasteiger partial charge in [-0.05, 0) is 42.0 Å². The molecule has 37 heavy (non-hydrogen) atoms. The molecule has 1 aromatic heterocycles. The van der Waals surface area contributed by atoms with Crippen molar-refractivity contribution in [3.8, 4) is 47.7 Å². The van der Waals surface area contributed by atoms with Crippen LogP contribution >= 0.6 is 15.9 Å². The summed E-state index contributed by atoms with van der Waals surface area (Å²) in [4.78, 5) is 8.62. The molecule has 7 nitrogen and oxygen atoms in total. The Bertz CT molecular complexity index is 1480. The van der Waals surface area contributed by atoms with Crippen LogP contribution < -0.4 is 24.3 Å². The van der Waals surface area contributed by atoms with Gasteiger partial charge < -0.3 is 24.3 Å². The zero-order valence-corrected chi connectivity index (χ0v) is 21.3. The summed E-state index contributed by atoms with van der Waals surface area (Å²) < 4.78 is 37.7. The standard InChI is InChI=1S/C28H21BrFN3O4/c1-4-8-35-20-10-18(11-21(13-20)36-9-5-2)16-37-27-15-25-22(14-26(27)34-3)28(32-17-31-25)33-24-7-6-19(29)12-23(24)30/h1-2,6-7,10-15,17H,8-9,16H2,3H3,(H,31,32,33). The van der Waals surface area contributed by atoms with Crippen molar-refractivity contribution in [3.63, 3.8) is 0 Å². The molecule has 0 bridgehead atoms. The first-order valence-corrected chi connectivity index (χ1v) is 11.7. The van der Waals surface area contributed by atoms with E-state index in [1.54, 1.807) is 42.5 Å². The smallest absolute Gasteiger partial charge is 0.163 e. The van der Waals surface area contributed by atoms with Crippen LogP contribution in [-0.4, -0.2) is 30.3 Å². The third-order valence-electron chi connectivity index (χ3n) is 5.08. The average molecular weight is 562 g/mol. The molecule has 9 heteroatoms. The molecule has 0 spiro atoms. The first-order chi connectivity index (χ1) is 18.0. The fourth-order valence-corrected chi connectivity index (χ4v) is 3.78. The quantitative estimate of drug-likeness (QED) is 0.242. The number of nitrogens with zero attached hydrogens (tertiary/aromatic N) is 2. The highest BCUT2D eigenvalue weighted by Gasteiger charge is 2.14. The molecule has 0 saturated carbocycles. The molecular formula is C28H21BrFN3O4. The second kappa shape index (κ2) is 12.0. The van der Waals surface area contributed by atoms with E-state index in [4.69, 9.17) is 31.8 Å². The summed E-state index contributed by atoms with van der Waals surface area (Å²) in [5, 5.41) is 3.65. The number of rotatable bonds is 10. The average Bonchev–Trinajstić information content (AvgIpc) is 2.90. The molecule has 0 saturated heterocycles. The molecule has 4 aromatic rings. The monoisotopic (exact) mass is 561 g/mol. The van der Waals surface area contributed by atoms with Crippen molar-refractivity contribution >= 4 is 38.3 Å². The fraction of sp³-hybridized carbons (Fsp3) is 0.143. The van der Waals surface area contributed by atoms with E-state index in [0.717, 1.165) is 5.56 Å². The maximum absolute atomic E-state index is 14.4. The minimum Gasteiger partial charge on any atom is -0.493 e. The van der Waals surface area contributed by atoms with Gasteiger partial charge in [-0.15, -0.1) is 12.8 Å². The molecule has 0 amide bonds. The summed E-state index contributed by atoms with van der Waals surface area (Å²) in [6, 6.07) is 13.5. The van der Waals surface area contributed by atoms with Crippen molar-refractivity contribution in [1.82, 2.24) is 9.97 Å². The Hall–Kier alpha value is -4.47. The predicted octanol–water partition coefficient (Wildman–Crippen LogP) is 5.89. The molecule has 0 atom stereocenters. The van der Waals surface area contributed by atoms with E-state index in [1.807, 2.05) is 0 Å². The van der Waals surface area contributed by atoms with Gasteiger partial charge in [0.25, 0.3) is 0 Å². The highest BCUT2D eigenvalue weighted by molar-refractivity contribution is 9.10. The van der Waals surface area contributed by atoms with E-state index in [0.29, 0.717) is 44.2 Å². The summed E-state index contributed by atoms with van der Waals surface area (Å²) >= 11 is 3.26. The van der Waals surface area contributed by atoms with Crippen LogP contribution in [0.15, 0.2) is 59.3 Å². The van der Waals surface area contributed by atoms with Crippen LogP contribution in [0, 0.1) is 30.5 Å². The van der Waals surface area contributed by atoms with Gasteiger partial charge in [-0.3, -0.25) is 0 Å². The van der Waals surface area contributed by atoms with E-state index >= 15 is 0 Å². The van der Waals surface area contributed by atoms with Crippen LogP contribution in [0.1, 0.15) is 5.56 Å². The minimum absolute atomic E-state index is 0.109. The van der Waals surface area contributed by atoms with Crippen LogP contribution in [0.3, 0.4) is 0 Å². The van der Waals surface area contributed by atoms with Crippen molar-refractivity contribution in [1.29, 1.82) is 0 Å². The minimum atomic E-state index is -0.424. The van der Waals surface area contributed by atoms with E-state index in [2.05, 4.69) is 43.1 Å². The number of methoxy groups -OCH3 is 1. The van der Waals surface area contributed by atoms with Gasteiger partial charge in [-0.1, -0.05) is 27.8 Å². The Balaban J connectivity index is 1.61. The van der Waals surface area contributed by atoms with Gasteiger partial charge in [0.05, 0.1) is 18.3 Å². The number of aromatic nitrogens is 2. The van der Waals surface area contributed by atoms with Gasteiger partial charge in [0.2, 0.25) is 0 Å². The number of fused-ring (bicyclic) bond motifs is 1. The Morgan fingerprint density at radius 1 is 0.919 bits per heavy atom. The molecule has 0 aliphatic heterocycles. The van der Waals surface area contributed by atoms with Gasteiger partial charge in [-0.25, -0.2) is 14.4 Å². The highest BCUT2D eigenvalue weighted by atomic mass is 79.9. The Morgan fingerprint density at radius 3 is 2.30 bits per heavy atom. The number of ether oxygens (including phenoxy) is 4. The molecule has 0 aliphatic carbocycles. The van der Waals surface area contributed by atoms with E-state index in [-0.39, 0.29) is 25.5 Å². The zero-order valence-electron chi connectivity index (χ0n) is 19.8. The largest absolute Gasteiger partial charge is 0.493 e. The van der Waals surface area contributed by atoms with Gasteiger partial charge in [0.15, 0.2) is 11.5 Å². The SMILES string of the molecule is C#CCOc1cc(COc2cc3ncnc(Nc4ccc(Br)cc4F)c3cc2OC)cc(OCC#C)c1. The molecule has 4 rings (SSSR count). The molecule has 0 unspecified atom stereocenters. The van der Waals surface area contributed by atoms with Crippen molar-refractivity contribution < 1.29 is 23.3 Å². The summed E-state index contributed by atoms with van der Waals surface area (Å²) in [7, 11) is 1.53. The maximum Gasteiger partial charge on any atom is 0.163 e. The number of benzene rings is 3. The lowest BCUT2D eigenvalue weighted by Gasteiger charge is -2.15. The number of halogens is 2. The normalized spacial score (nSPS) is 10.3. The summed E-state index contributed by atoms with van der Waals surface area (Å²) in [5.41, 5.74) is 1.62. The second-order valence-electron chi connectivity index (χ2n) is 7.58. The molecular weight excluding hydrogens is 541 g/mol. The molecule has 0 aliphatic rings. The Morgan fingerprint density at radius 2 is 1.65 bits per heavy atom. The molecule has 3 aromatic carbocycles. The fourth-order valence-electron chi connectivity index (χ4n) is 3.45. The van der Waals surface area contributed by atoms with Crippen molar-refractivity contribution in [3.05, 3.63) is 70.7 Å². The lowest BCUT2D eigenvalue weighted by Crippen LogP contribution is -2.02. The third kappa shape index (κ3) is 6.40. The topological polar surface area (TPSA) is 74.7 Å². The van der Waals surface area contributed by atoms with E-state index < -0.39 is 5.82 Å². The summed E-state index contributed by atoms with van der Waals surface area (Å²) in [5.74, 6) is 6.82. The third-order valence-corrected chi connectivity index (χ3v) is 5.58. The lowest BCUT2D eigenvalue weighted by atomic mass is 10.2. The predicted molar refractivity (Wildman–Crippen MR) is 143 cm³/mol. The van der Waals surface area contributed by atoms with Crippen LogP contribution in [-0.2, 0) is 6.61 Å². The molecule has 1 N–H and O–H groups in total. The first-order valence-electron chi connectivity index (χ1n) is 10.9. The van der Waals surface area contributed by atoms with E-state index in [9.17, 15) is 4.39 Å². The van der Waals surface area contributed by atoms with Gasteiger partial charge in [0, 0.05) is 22.0 Å². The Kier molecular flexibility index (Phi) is 8.29. The zero-order chi connectivity index (χ0) is 26.2. The van der Waals surface area contributed by atoms with Crippen LogP contribution in [0.4, 0.5) is 15.9 Å². The van der Waals surface area contributed by atoms with Crippen LogP contribution in [0.5, 0.6) is 23.0 Å². The molecule has 1 heterocycles. The van der Waals surface area contributed by atoms with Crippen molar-refractivity contribution in [2.24, 2.45) is 0 Å². The van der Waals surface area contributed by atoms with Crippen molar-refractivity contribution in [2.45, 2.75) is 6.61 Å². The summed E-state index contributed by atoms with van der Waals surface area (Å²) in [6.45, 7) is 0.386. The maximum atomic E-state index is 14.4. The molecule has 186 valence electrons. The number of anilines is 2. The first kappa shape index (κ1) is 25.6. The number of nitrogens with one attached hydrogen (secondary N) is 1. The Labute approximate surface area is 222 Å². The second-order valence-corrected chi connectivity index (χ2v) is 8.49. The molecule has 0 fully saturated rings. The van der Waals surface area contributed by atoms with Crippen LogP contribution in [0.2, 0.25) is 0 Å².